The fourth-order valence-corrected chi connectivity index (χ4v) is 1.95. The minimum Gasteiger partial charge on any atom is -0.375 e. The number of allylic oxidation sites excluding steroid dienone is 2. The van der Waals surface area contributed by atoms with E-state index in [-0.39, 0.29) is 5.92 Å². The first-order valence-corrected chi connectivity index (χ1v) is 3.56. The van der Waals surface area contributed by atoms with Gasteiger partial charge in [-0.1, -0.05) is 12.2 Å². The highest BCUT2D eigenvalue weighted by Crippen LogP contribution is 2.49. The third kappa shape index (κ3) is 0.512. The lowest BCUT2D eigenvalue weighted by Crippen LogP contribution is -2.50. The first kappa shape index (κ1) is 5.94. The van der Waals surface area contributed by atoms with Gasteiger partial charge in [-0.15, -0.1) is 0 Å². The first-order chi connectivity index (χ1) is 4.76. The standard InChI is InChI=1S/C8H9NO/c9-5-8(10)4-6-2-1-3-7(6)8/h1-2,6-7,10H,3-4H2/t6?,7?,8-/m0/s1. The quantitative estimate of drug-likeness (QED) is 0.395. The predicted octanol–water partition coefficient (Wildman–Crippen LogP) is 0.837. The highest BCUT2D eigenvalue weighted by atomic mass is 16.3. The van der Waals surface area contributed by atoms with Crippen molar-refractivity contribution in [1.29, 1.82) is 5.26 Å². The van der Waals surface area contributed by atoms with Gasteiger partial charge in [0.25, 0.3) is 0 Å². The Morgan fingerprint density at radius 1 is 1.70 bits per heavy atom. The molecule has 1 fully saturated rings. The summed E-state index contributed by atoms with van der Waals surface area (Å²) in [5, 5.41) is 18.1. The van der Waals surface area contributed by atoms with E-state index in [2.05, 4.69) is 12.2 Å². The molecule has 0 aromatic heterocycles. The molecule has 3 atom stereocenters. The minimum absolute atomic E-state index is 0.206. The molecule has 0 amide bonds. The predicted molar refractivity (Wildman–Crippen MR) is 35.9 cm³/mol. The Kier molecular flexibility index (Phi) is 0.959. The number of aliphatic hydroxyl groups is 1. The summed E-state index contributed by atoms with van der Waals surface area (Å²) in [6.45, 7) is 0. The Morgan fingerprint density at radius 2 is 2.50 bits per heavy atom. The second kappa shape index (κ2) is 1.62. The Labute approximate surface area is 59.8 Å². The van der Waals surface area contributed by atoms with Crippen LogP contribution < -0.4 is 0 Å². The molecule has 2 nitrogen and oxygen atoms in total. The summed E-state index contributed by atoms with van der Waals surface area (Å²) in [6.07, 6.45) is 5.69. The Bertz CT molecular complexity index is 228. The highest BCUT2D eigenvalue weighted by Gasteiger charge is 2.53. The number of rotatable bonds is 0. The van der Waals surface area contributed by atoms with Crippen LogP contribution in [0.4, 0.5) is 0 Å². The molecule has 0 aromatic rings. The van der Waals surface area contributed by atoms with Crippen molar-refractivity contribution in [2.45, 2.75) is 18.4 Å². The molecule has 0 aliphatic heterocycles. The summed E-state index contributed by atoms with van der Waals surface area (Å²) in [4.78, 5) is 0. The average Bonchev–Trinajstić information content (AvgIpc) is 2.30. The van der Waals surface area contributed by atoms with Crippen molar-refractivity contribution in [3.63, 3.8) is 0 Å². The number of fused-ring (bicyclic) bond motifs is 1. The van der Waals surface area contributed by atoms with Crippen LogP contribution >= 0.6 is 0 Å². The van der Waals surface area contributed by atoms with E-state index in [9.17, 15) is 5.11 Å². The van der Waals surface area contributed by atoms with Crippen molar-refractivity contribution in [3.05, 3.63) is 12.2 Å². The largest absolute Gasteiger partial charge is 0.375 e. The number of nitrogens with zero attached hydrogens (tertiary/aromatic N) is 1. The molecule has 1 saturated carbocycles. The molecule has 0 radical (unpaired) electrons. The lowest BCUT2D eigenvalue weighted by atomic mass is 9.63. The fraction of sp³-hybridized carbons (Fsp3) is 0.625. The van der Waals surface area contributed by atoms with E-state index < -0.39 is 5.60 Å². The van der Waals surface area contributed by atoms with Crippen LogP contribution in [0.15, 0.2) is 12.2 Å². The van der Waals surface area contributed by atoms with Gasteiger partial charge in [0.2, 0.25) is 0 Å². The molecule has 0 saturated heterocycles. The molecule has 2 aliphatic rings. The van der Waals surface area contributed by atoms with Gasteiger partial charge in [-0.25, -0.2) is 0 Å². The molecular formula is C8H9NO. The van der Waals surface area contributed by atoms with E-state index in [0.29, 0.717) is 12.3 Å². The first-order valence-electron chi connectivity index (χ1n) is 3.56. The number of nitriles is 1. The summed E-state index contributed by atoms with van der Waals surface area (Å²) in [7, 11) is 0. The molecule has 52 valence electrons. The van der Waals surface area contributed by atoms with Gasteiger partial charge in [0, 0.05) is 5.92 Å². The number of hydrogen-bond acceptors (Lipinski definition) is 2. The van der Waals surface area contributed by atoms with Gasteiger partial charge < -0.3 is 5.11 Å². The van der Waals surface area contributed by atoms with E-state index in [1.807, 2.05) is 6.07 Å². The molecule has 0 bridgehead atoms. The van der Waals surface area contributed by atoms with Crippen LogP contribution in [0.5, 0.6) is 0 Å². The summed E-state index contributed by atoms with van der Waals surface area (Å²) in [5.74, 6) is 0.696. The van der Waals surface area contributed by atoms with Crippen LogP contribution in [-0.4, -0.2) is 10.7 Å². The van der Waals surface area contributed by atoms with Crippen molar-refractivity contribution < 1.29 is 5.11 Å². The van der Waals surface area contributed by atoms with Gasteiger partial charge >= 0.3 is 0 Å². The van der Waals surface area contributed by atoms with Crippen LogP contribution in [0.1, 0.15) is 12.8 Å². The molecule has 10 heavy (non-hydrogen) atoms. The van der Waals surface area contributed by atoms with Gasteiger partial charge in [0.15, 0.2) is 5.60 Å². The fourth-order valence-electron chi connectivity index (χ4n) is 1.95. The third-order valence-corrected chi connectivity index (χ3v) is 2.64. The molecule has 2 aliphatic carbocycles. The van der Waals surface area contributed by atoms with Crippen LogP contribution in [-0.2, 0) is 0 Å². The van der Waals surface area contributed by atoms with Crippen LogP contribution in [0, 0.1) is 23.2 Å². The minimum atomic E-state index is -0.992. The zero-order valence-corrected chi connectivity index (χ0v) is 5.62. The summed E-state index contributed by atoms with van der Waals surface area (Å²) in [6, 6.07) is 1.96. The maximum Gasteiger partial charge on any atom is 0.155 e. The maximum atomic E-state index is 9.49. The van der Waals surface area contributed by atoms with Crippen molar-refractivity contribution in [2.75, 3.05) is 0 Å². The zero-order chi connectivity index (χ0) is 7.19. The van der Waals surface area contributed by atoms with Crippen molar-refractivity contribution in [3.8, 4) is 6.07 Å². The van der Waals surface area contributed by atoms with Gasteiger partial charge in [-0.3, -0.25) is 0 Å². The summed E-state index contributed by atoms with van der Waals surface area (Å²) in [5.41, 5.74) is -0.992. The highest BCUT2D eigenvalue weighted by molar-refractivity contribution is 5.23. The van der Waals surface area contributed by atoms with Gasteiger partial charge in [0.1, 0.15) is 0 Å². The molecule has 2 unspecified atom stereocenters. The smallest absolute Gasteiger partial charge is 0.155 e. The van der Waals surface area contributed by atoms with E-state index in [1.54, 1.807) is 0 Å². The van der Waals surface area contributed by atoms with Crippen molar-refractivity contribution in [1.82, 2.24) is 0 Å². The molecule has 0 heterocycles. The van der Waals surface area contributed by atoms with E-state index in [0.717, 1.165) is 6.42 Å². The van der Waals surface area contributed by atoms with Crippen LogP contribution in [0.3, 0.4) is 0 Å². The topological polar surface area (TPSA) is 44.0 Å². The Morgan fingerprint density at radius 3 is 3.10 bits per heavy atom. The Hall–Kier alpha value is -0.810. The van der Waals surface area contributed by atoms with Crippen LogP contribution in [0.2, 0.25) is 0 Å². The van der Waals surface area contributed by atoms with E-state index >= 15 is 0 Å². The molecular weight excluding hydrogens is 126 g/mol. The van der Waals surface area contributed by atoms with E-state index in [1.165, 1.54) is 0 Å². The summed E-state index contributed by atoms with van der Waals surface area (Å²) >= 11 is 0. The Balaban J connectivity index is 2.18. The molecule has 0 spiro atoms. The molecule has 2 heteroatoms. The maximum absolute atomic E-state index is 9.49. The second-order valence-corrected chi connectivity index (χ2v) is 3.17. The summed E-state index contributed by atoms with van der Waals surface area (Å²) < 4.78 is 0. The second-order valence-electron chi connectivity index (χ2n) is 3.17. The molecule has 0 aromatic carbocycles. The van der Waals surface area contributed by atoms with Crippen molar-refractivity contribution in [2.24, 2.45) is 11.8 Å². The van der Waals surface area contributed by atoms with Gasteiger partial charge in [-0.05, 0) is 18.8 Å². The molecule has 1 N–H and O–H groups in total. The van der Waals surface area contributed by atoms with Gasteiger partial charge in [0.05, 0.1) is 6.07 Å². The number of hydrogen-bond donors (Lipinski definition) is 1. The average molecular weight is 135 g/mol. The van der Waals surface area contributed by atoms with Crippen LogP contribution in [0.25, 0.3) is 0 Å². The van der Waals surface area contributed by atoms with Crippen molar-refractivity contribution >= 4 is 0 Å². The zero-order valence-electron chi connectivity index (χ0n) is 5.62. The normalized spacial score (nSPS) is 49.6. The lowest BCUT2D eigenvalue weighted by Gasteiger charge is -2.43. The SMILES string of the molecule is N#C[C@@]1(O)CC2C=CCC21. The van der Waals surface area contributed by atoms with E-state index in [4.69, 9.17) is 5.26 Å². The molecule has 2 rings (SSSR count). The lowest BCUT2D eigenvalue weighted by molar-refractivity contribution is -0.0686. The third-order valence-electron chi connectivity index (χ3n) is 2.64. The monoisotopic (exact) mass is 135 g/mol. The van der Waals surface area contributed by atoms with Gasteiger partial charge in [-0.2, -0.15) is 5.26 Å².